The van der Waals surface area contributed by atoms with E-state index in [1.807, 2.05) is 24.3 Å². The highest BCUT2D eigenvalue weighted by molar-refractivity contribution is 6.17. The Morgan fingerprint density at radius 2 is 1.88 bits per heavy atom. The number of rotatable bonds is 4. The molecule has 0 saturated heterocycles. The Balaban J connectivity index is 1.98. The molecule has 1 aliphatic carbocycles. The van der Waals surface area contributed by atoms with E-state index in [1.54, 1.807) is 0 Å². The van der Waals surface area contributed by atoms with Gasteiger partial charge in [0.15, 0.2) is 0 Å². The van der Waals surface area contributed by atoms with Crippen LogP contribution in [0.4, 0.5) is 0 Å². The van der Waals surface area contributed by atoms with Gasteiger partial charge in [-0.05, 0) is 49.3 Å². The van der Waals surface area contributed by atoms with Gasteiger partial charge in [-0.2, -0.15) is 0 Å². The lowest BCUT2D eigenvalue weighted by atomic mass is 9.85. The molecule has 1 aromatic rings. The first-order valence-corrected chi connectivity index (χ1v) is 7.18. The molecule has 0 radical (unpaired) electrons. The lowest BCUT2D eigenvalue weighted by Crippen LogP contribution is -2.29. The predicted molar refractivity (Wildman–Crippen MR) is 72.7 cm³/mol. The van der Waals surface area contributed by atoms with E-state index in [-0.39, 0.29) is 0 Å². The van der Waals surface area contributed by atoms with Crippen LogP contribution >= 0.6 is 11.6 Å². The zero-order chi connectivity index (χ0) is 12.1. The average molecular weight is 253 g/mol. The summed E-state index contributed by atoms with van der Waals surface area (Å²) in [7, 11) is 0. The van der Waals surface area contributed by atoms with E-state index in [0.29, 0.717) is 12.0 Å². The Bertz CT molecular complexity index is 333. The van der Waals surface area contributed by atoms with Gasteiger partial charge in [0, 0.05) is 5.88 Å². The van der Waals surface area contributed by atoms with Crippen molar-refractivity contribution in [3.05, 3.63) is 29.8 Å². The molecule has 2 heteroatoms. The highest BCUT2D eigenvalue weighted by atomic mass is 35.5. The highest BCUT2D eigenvalue weighted by Gasteiger charge is 2.25. The standard InChI is InChI=1S/C15H21ClO/c1-2-13-5-3-4-6-15(13)17-14-9-7-12(11-16)8-10-14/h7-10,13,15H,2-6,11H2,1H3. The third-order valence-corrected chi connectivity index (χ3v) is 4.04. The minimum atomic E-state index is 0.413. The summed E-state index contributed by atoms with van der Waals surface area (Å²) in [6.07, 6.45) is 6.83. The van der Waals surface area contributed by atoms with Gasteiger partial charge in [-0.3, -0.25) is 0 Å². The minimum absolute atomic E-state index is 0.413. The van der Waals surface area contributed by atoms with Crippen LogP contribution in [0.5, 0.6) is 5.75 Å². The van der Waals surface area contributed by atoms with Crippen molar-refractivity contribution in [3.8, 4) is 5.75 Å². The number of halogens is 1. The Kier molecular flexibility index (Phi) is 4.73. The van der Waals surface area contributed by atoms with Crippen LogP contribution < -0.4 is 4.74 Å². The summed E-state index contributed by atoms with van der Waals surface area (Å²) in [6.45, 7) is 2.27. The smallest absolute Gasteiger partial charge is 0.119 e. The molecule has 0 aromatic heterocycles. The lowest BCUT2D eigenvalue weighted by molar-refractivity contribution is 0.0904. The zero-order valence-corrected chi connectivity index (χ0v) is 11.2. The molecule has 2 unspecified atom stereocenters. The van der Waals surface area contributed by atoms with Crippen molar-refractivity contribution in [2.45, 2.75) is 51.0 Å². The second-order valence-corrected chi connectivity index (χ2v) is 5.15. The topological polar surface area (TPSA) is 9.23 Å². The molecular formula is C15H21ClO. The molecule has 2 rings (SSSR count). The Morgan fingerprint density at radius 3 is 2.53 bits per heavy atom. The van der Waals surface area contributed by atoms with Gasteiger partial charge in [0.1, 0.15) is 11.9 Å². The first-order chi connectivity index (χ1) is 8.33. The second-order valence-electron chi connectivity index (χ2n) is 4.89. The van der Waals surface area contributed by atoms with Crippen LogP contribution in [0, 0.1) is 5.92 Å². The monoisotopic (exact) mass is 252 g/mol. The number of alkyl halides is 1. The molecular weight excluding hydrogens is 232 g/mol. The molecule has 0 aliphatic heterocycles. The summed E-state index contributed by atoms with van der Waals surface area (Å²) in [5, 5.41) is 0. The van der Waals surface area contributed by atoms with Crippen LogP contribution in [0.3, 0.4) is 0 Å². The van der Waals surface area contributed by atoms with Gasteiger partial charge in [-0.15, -0.1) is 11.6 Å². The summed E-state index contributed by atoms with van der Waals surface area (Å²) < 4.78 is 6.12. The van der Waals surface area contributed by atoms with E-state index in [4.69, 9.17) is 16.3 Å². The first kappa shape index (κ1) is 12.8. The fraction of sp³-hybridized carbons (Fsp3) is 0.600. The number of benzene rings is 1. The van der Waals surface area contributed by atoms with Crippen molar-refractivity contribution < 1.29 is 4.74 Å². The molecule has 0 spiro atoms. The quantitative estimate of drug-likeness (QED) is 0.701. The average Bonchev–Trinajstić information content (AvgIpc) is 2.40. The van der Waals surface area contributed by atoms with Crippen molar-refractivity contribution >= 4 is 11.6 Å². The fourth-order valence-corrected chi connectivity index (χ4v) is 2.81. The van der Waals surface area contributed by atoms with Crippen LogP contribution in [-0.2, 0) is 5.88 Å². The second kappa shape index (κ2) is 6.30. The maximum absolute atomic E-state index is 6.12. The third-order valence-electron chi connectivity index (χ3n) is 3.73. The maximum atomic E-state index is 6.12. The van der Waals surface area contributed by atoms with Crippen LogP contribution in [0.1, 0.15) is 44.6 Å². The van der Waals surface area contributed by atoms with E-state index in [2.05, 4.69) is 6.92 Å². The highest BCUT2D eigenvalue weighted by Crippen LogP contribution is 2.30. The molecule has 1 fully saturated rings. The number of hydrogen-bond acceptors (Lipinski definition) is 1. The first-order valence-electron chi connectivity index (χ1n) is 6.65. The molecule has 1 nitrogen and oxygen atoms in total. The summed E-state index contributed by atoms with van der Waals surface area (Å²) >= 11 is 5.78. The molecule has 17 heavy (non-hydrogen) atoms. The normalized spacial score (nSPS) is 24.6. The van der Waals surface area contributed by atoms with Crippen molar-refractivity contribution in [2.75, 3.05) is 0 Å². The third kappa shape index (κ3) is 3.38. The van der Waals surface area contributed by atoms with Gasteiger partial charge >= 0.3 is 0 Å². The summed E-state index contributed by atoms with van der Waals surface area (Å²) in [5.74, 6) is 2.29. The number of ether oxygens (including phenoxy) is 1. The molecule has 0 heterocycles. The van der Waals surface area contributed by atoms with Crippen molar-refractivity contribution in [1.82, 2.24) is 0 Å². The van der Waals surface area contributed by atoms with E-state index < -0.39 is 0 Å². The van der Waals surface area contributed by atoms with Gasteiger partial charge in [0.05, 0.1) is 0 Å². The molecule has 1 aliphatic rings. The van der Waals surface area contributed by atoms with Crippen LogP contribution in [-0.4, -0.2) is 6.10 Å². The van der Waals surface area contributed by atoms with Crippen molar-refractivity contribution in [1.29, 1.82) is 0 Å². The van der Waals surface area contributed by atoms with Crippen molar-refractivity contribution in [3.63, 3.8) is 0 Å². The van der Waals surface area contributed by atoms with Crippen LogP contribution in [0.15, 0.2) is 24.3 Å². The minimum Gasteiger partial charge on any atom is -0.490 e. The van der Waals surface area contributed by atoms with E-state index in [0.717, 1.165) is 17.2 Å². The zero-order valence-electron chi connectivity index (χ0n) is 10.5. The SMILES string of the molecule is CCC1CCCCC1Oc1ccc(CCl)cc1. The van der Waals surface area contributed by atoms with Gasteiger partial charge in [-0.25, -0.2) is 0 Å². The lowest BCUT2D eigenvalue weighted by Gasteiger charge is -2.31. The molecule has 0 amide bonds. The van der Waals surface area contributed by atoms with E-state index in [9.17, 15) is 0 Å². The maximum Gasteiger partial charge on any atom is 0.119 e. The van der Waals surface area contributed by atoms with Gasteiger partial charge in [-0.1, -0.05) is 25.5 Å². The van der Waals surface area contributed by atoms with E-state index >= 15 is 0 Å². The van der Waals surface area contributed by atoms with Crippen molar-refractivity contribution in [2.24, 2.45) is 5.92 Å². The summed E-state index contributed by atoms with van der Waals surface area (Å²) in [5.41, 5.74) is 1.15. The number of hydrogen-bond donors (Lipinski definition) is 0. The van der Waals surface area contributed by atoms with Gasteiger partial charge in [0.2, 0.25) is 0 Å². The predicted octanol–water partition coefficient (Wildman–Crippen LogP) is 4.77. The van der Waals surface area contributed by atoms with Gasteiger partial charge in [0.25, 0.3) is 0 Å². The Hall–Kier alpha value is -0.690. The largest absolute Gasteiger partial charge is 0.490 e. The van der Waals surface area contributed by atoms with Crippen LogP contribution in [0.25, 0.3) is 0 Å². The molecule has 1 saturated carbocycles. The molecule has 94 valence electrons. The fourth-order valence-electron chi connectivity index (χ4n) is 2.63. The van der Waals surface area contributed by atoms with E-state index in [1.165, 1.54) is 32.1 Å². The Morgan fingerprint density at radius 1 is 1.18 bits per heavy atom. The molecule has 1 aromatic carbocycles. The van der Waals surface area contributed by atoms with Gasteiger partial charge < -0.3 is 4.74 Å². The summed E-state index contributed by atoms with van der Waals surface area (Å²) in [4.78, 5) is 0. The summed E-state index contributed by atoms with van der Waals surface area (Å²) in [6, 6.07) is 8.18. The molecule has 0 N–H and O–H groups in total. The Labute approximate surface area is 109 Å². The molecule has 2 atom stereocenters. The van der Waals surface area contributed by atoms with Crippen LogP contribution in [0.2, 0.25) is 0 Å². The molecule has 0 bridgehead atoms.